The van der Waals surface area contributed by atoms with Gasteiger partial charge in [0.15, 0.2) is 11.5 Å². The largest absolute Gasteiger partial charge is 0.493 e. The van der Waals surface area contributed by atoms with E-state index in [0.717, 1.165) is 5.69 Å². The lowest BCUT2D eigenvalue weighted by Gasteiger charge is -2.21. The van der Waals surface area contributed by atoms with Crippen LogP contribution in [-0.2, 0) is 0 Å². The summed E-state index contributed by atoms with van der Waals surface area (Å²) in [5, 5.41) is 2.82. The Labute approximate surface area is 187 Å². The molecule has 0 heterocycles. The highest BCUT2D eigenvalue weighted by Crippen LogP contribution is 2.38. The van der Waals surface area contributed by atoms with Crippen LogP contribution in [0.4, 0.5) is 11.4 Å². The first kappa shape index (κ1) is 22.7. The van der Waals surface area contributed by atoms with Crippen LogP contribution in [0.15, 0.2) is 66.7 Å². The maximum Gasteiger partial charge on any atom is 0.258 e. The molecule has 3 aromatic rings. The number of hydrogen-bond donors (Lipinski definition) is 1. The number of amides is 2. The molecule has 7 nitrogen and oxygen atoms in total. The summed E-state index contributed by atoms with van der Waals surface area (Å²) in [5.74, 6) is 0.731. The molecule has 166 valence electrons. The maximum absolute atomic E-state index is 12.9. The van der Waals surface area contributed by atoms with Crippen molar-refractivity contribution in [2.24, 2.45) is 0 Å². The van der Waals surface area contributed by atoms with Crippen LogP contribution in [0.1, 0.15) is 27.6 Å². The van der Waals surface area contributed by atoms with Crippen molar-refractivity contribution in [3.63, 3.8) is 0 Å². The lowest BCUT2D eigenvalue weighted by Crippen LogP contribution is -2.30. The standard InChI is InChI=1S/C25H26N2O5/c1-5-27(20-9-7-6-8-10-20)25(29)17-11-13-19(14-12-17)26-24(28)18-15-21(30-2)23(32-4)22(16-18)31-3/h6-16H,5H2,1-4H3,(H,26,28). The molecular weight excluding hydrogens is 408 g/mol. The molecule has 0 radical (unpaired) electrons. The summed E-state index contributed by atoms with van der Waals surface area (Å²) in [5.41, 5.74) is 2.27. The zero-order chi connectivity index (χ0) is 23.1. The van der Waals surface area contributed by atoms with Gasteiger partial charge in [0.05, 0.1) is 21.3 Å². The van der Waals surface area contributed by atoms with Crippen molar-refractivity contribution in [2.75, 3.05) is 38.1 Å². The Kier molecular flexibility index (Phi) is 7.33. The van der Waals surface area contributed by atoms with E-state index in [1.165, 1.54) is 21.3 Å². The molecule has 0 fully saturated rings. The summed E-state index contributed by atoms with van der Waals surface area (Å²) < 4.78 is 15.9. The second-order valence-corrected chi connectivity index (χ2v) is 6.83. The van der Waals surface area contributed by atoms with Crippen LogP contribution in [-0.4, -0.2) is 39.7 Å². The van der Waals surface area contributed by atoms with Gasteiger partial charge >= 0.3 is 0 Å². The van der Waals surface area contributed by atoms with E-state index in [-0.39, 0.29) is 11.8 Å². The van der Waals surface area contributed by atoms with Crippen LogP contribution >= 0.6 is 0 Å². The number of hydrogen-bond acceptors (Lipinski definition) is 5. The predicted molar refractivity (Wildman–Crippen MR) is 124 cm³/mol. The molecular formula is C25H26N2O5. The highest BCUT2D eigenvalue weighted by molar-refractivity contribution is 6.07. The molecule has 0 saturated carbocycles. The first-order chi connectivity index (χ1) is 15.5. The fourth-order valence-corrected chi connectivity index (χ4v) is 3.32. The molecule has 0 saturated heterocycles. The Bertz CT molecular complexity index is 1060. The van der Waals surface area contributed by atoms with Crippen LogP contribution in [0.2, 0.25) is 0 Å². The minimum absolute atomic E-state index is 0.110. The number of para-hydroxylation sites is 1. The molecule has 3 rings (SSSR count). The second-order valence-electron chi connectivity index (χ2n) is 6.83. The average molecular weight is 434 g/mol. The number of rotatable bonds is 8. The highest BCUT2D eigenvalue weighted by atomic mass is 16.5. The van der Waals surface area contributed by atoms with Gasteiger partial charge in [0.2, 0.25) is 5.75 Å². The SMILES string of the molecule is CCN(C(=O)c1ccc(NC(=O)c2cc(OC)c(OC)c(OC)c2)cc1)c1ccccc1. The number of anilines is 2. The second kappa shape index (κ2) is 10.3. The molecule has 0 aliphatic carbocycles. The fourth-order valence-electron chi connectivity index (χ4n) is 3.32. The van der Waals surface area contributed by atoms with Gasteiger partial charge in [-0.05, 0) is 55.5 Å². The average Bonchev–Trinajstić information content (AvgIpc) is 2.84. The van der Waals surface area contributed by atoms with Crippen molar-refractivity contribution in [1.29, 1.82) is 0 Å². The van der Waals surface area contributed by atoms with Gasteiger partial charge in [0, 0.05) is 29.0 Å². The minimum atomic E-state index is -0.345. The van der Waals surface area contributed by atoms with Gasteiger partial charge < -0.3 is 24.4 Å². The summed E-state index contributed by atoms with van der Waals surface area (Å²) >= 11 is 0. The monoisotopic (exact) mass is 434 g/mol. The highest BCUT2D eigenvalue weighted by Gasteiger charge is 2.18. The van der Waals surface area contributed by atoms with Crippen LogP contribution < -0.4 is 24.4 Å². The van der Waals surface area contributed by atoms with Gasteiger partial charge in [-0.2, -0.15) is 0 Å². The Hall–Kier alpha value is -4.00. The summed E-state index contributed by atoms with van der Waals surface area (Å²) in [6.45, 7) is 2.47. The number of nitrogens with one attached hydrogen (secondary N) is 1. The molecule has 0 unspecified atom stereocenters. The van der Waals surface area contributed by atoms with E-state index in [1.807, 2.05) is 37.3 Å². The van der Waals surface area contributed by atoms with Crippen LogP contribution in [0, 0.1) is 0 Å². The van der Waals surface area contributed by atoms with Crippen molar-refractivity contribution >= 4 is 23.2 Å². The third-order valence-corrected chi connectivity index (χ3v) is 4.95. The number of ether oxygens (including phenoxy) is 3. The number of benzene rings is 3. The van der Waals surface area contributed by atoms with Crippen molar-refractivity contribution in [3.8, 4) is 17.2 Å². The summed E-state index contributed by atoms with van der Waals surface area (Å²) in [6.07, 6.45) is 0. The molecule has 0 atom stereocenters. The molecule has 0 bridgehead atoms. The van der Waals surface area contributed by atoms with Crippen molar-refractivity contribution in [2.45, 2.75) is 6.92 Å². The molecule has 0 spiro atoms. The molecule has 3 aromatic carbocycles. The van der Waals surface area contributed by atoms with E-state index >= 15 is 0 Å². The quantitative estimate of drug-likeness (QED) is 0.559. The third-order valence-electron chi connectivity index (χ3n) is 4.95. The summed E-state index contributed by atoms with van der Waals surface area (Å²) in [4.78, 5) is 27.4. The van der Waals surface area contributed by atoms with E-state index in [0.29, 0.717) is 40.6 Å². The number of carbonyl (C=O) groups is 2. The van der Waals surface area contributed by atoms with Gasteiger partial charge in [-0.3, -0.25) is 9.59 Å². The van der Waals surface area contributed by atoms with Crippen LogP contribution in [0.25, 0.3) is 0 Å². The van der Waals surface area contributed by atoms with E-state index < -0.39 is 0 Å². The van der Waals surface area contributed by atoms with Gasteiger partial charge in [-0.1, -0.05) is 18.2 Å². The molecule has 1 N–H and O–H groups in total. The smallest absolute Gasteiger partial charge is 0.258 e. The first-order valence-electron chi connectivity index (χ1n) is 10.1. The van der Waals surface area contributed by atoms with Crippen molar-refractivity contribution in [3.05, 3.63) is 77.9 Å². The Morgan fingerprint density at radius 1 is 0.812 bits per heavy atom. The van der Waals surface area contributed by atoms with Crippen molar-refractivity contribution < 1.29 is 23.8 Å². The van der Waals surface area contributed by atoms with Crippen molar-refractivity contribution in [1.82, 2.24) is 0 Å². The molecule has 32 heavy (non-hydrogen) atoms. The zero-order valence-electron chi connectivity index (χ0n) is 18.5. The van der Waals surface area contributed by atoms with E-state index in [9.17, 15) is 9.59 Å². The topological polar surface area (TPSA) is 77.1 Å². The molecule has 0 aliphatic rings. The molecule has 7 heteroatoms. The summed E-state index contributed by atoms with van der Waals surface area (Å²) in [7, 11) is 4.48. The maximum atomic E-state index is 12.9. The van der Waals surface area contributed by atoms with E-state index in [2.05, 4.69) is 5.32 Å². The van der Waals surface area contributed by atoms with Gasteiger partial charge in [-0.15, -0.1) is 0 Å². The van der Waals surface area contributed by atoms with Gasteiger partial charge in [0.1, 0.15) is 0 Å². The van der Waals surface area contributed by atoms with Crippen LogP contribution in [0.3, 0.4) is 0 Å². The number of methoxy groups -OCH3 is 3. The normalized spacial score (nSPS) is 10.2. The van der Waals surface area contributed by atoms with Gasteiger partial charge in [-0.25, -0.2) is 0 Å². The first-order valence-corrected chi connectivity index (χ1v) is 10.1. The Balaban J connectivity index is 1.77. The Morgan fingerprint density at radius 2 is 1.41 bits per heavy atom. The molecule has 2 amide bonds. The minimum Gasteiger partial charge on any atom is -0.493 e. The lowest BCUT2D eigenvalue weighted by atomic mass is 10.1. The molecule has 0 aromatic heterocycles. The van der Waals surface area contributed by atoms with E-state index in [1.54, 1.807) is 41.3 Å². The number of carbonyl (C=O) groups excluding carboxylic acids is 2. The zero-order valence-corrected chi connectivity index (χ0v) is 18.5. The third kappa shape index (κ3) is 4.83. The van der Waals surface area contributed by atoms with E-state index in [4.69, 9.17) is 14.2 Å². The predicted octanol–water partition coefficient (Wildman–Crippen LogP) is 4.63. The molecule has 0 aliphatic heterocycles. The number of nitrogens with zero attached hydrogens (tertiary/aromatic N) is 1. The lowest BCUT2D eigenvalue weighted by molar-refractivity contribution is 0.0987. The van der Waals surface area contributed by atoms with Crippen LogP contribution in [0.5, 0.6) is 17.2 Å². The fraction of sp³-hybridized carbons (Fsp3) is 0.200. The van der Waals surface area contributed by atoms with Gasteiger partial charge in [0.25, 0.3) is 11.8 Å². The Morgan fingerprint density at radius 3 is 1.91 bits per heavy atom. The summed E-state index contributed by atoms with van der Waals surface area (Å²) in [6, 6.07) is 19.4.